The highest BCUT2D eigenvalue weighted by Crippen LogP contribution is 2.13. The van der Waals surface area contributed by atoms with Crippen LogP contribution in [0.15, 0.2) is 29.1 Å². The molecule has 6 nitrogen and oxygen atoms in total. The van der Waals surface area contributed by atoms with Crippen LogP contribution in [-0.2, 0) is 6.54 Å². The number of nitrogens with two attached hydrogens (primary N) is 1. The maximum Gasteiger partial charge on any atom is 0.253 e. The van der Waals surface area contributed by atoms with Crippen LogP contribution < -0.4 is 11.1 Å². The van der Waals surface area contributed by atoms with Crippen molar-refractivity contribution in [3.8, 4) is 0 Å². The largest absolute Gasteiger partial charge is 0.398 e. The Morgan fingerprint density at radius 3 is 3.06 bits per heavy atom. The second kappa shape index (κ2) is 4.60. The van der Waals surface area contributed by atoms with Crippen molar-refractivity contribution in [3.05, 3.63) is 41.8 Å². The van der Waals surface area contributed by atoms with E-state index in [0.717, 1.165) is 12.5 Å². The first-order valence-corrected chi connectivity index (χ1v) is 4.75. The van der Waals surface area contributed by atoms with Crippen molar-refractivity contribution < 1.29 is 13.7 Å². The molecule has 0 unspecified atom stereocenters. The summed E-state index contributed by atoms with van der Waals surface area (Å²) in [5, 5.41) is 6.01. The van der Waals surface area contributed by atoms with Gasteiger partial charge in [0.25, 0.3) is 5.91 Å². The van der Waals surface area contributed by atoms with Crippen LogP contribution in [0.1, 0.15) is 16.2 Å². The first-order chi connectivity index (χ1) is 8.16. The van der Waals surface area contributed by atoms with Gasteiger partial charge in [0.2, 0.25) is 6.39 Å². The van der Waals surface area contributed by atoms with Crippen molar-refractivity contribution in [3.63, 3.8) is 0 Å². The highest BCUT2D eigenvalue weighted by atomic mass is 19.1. The van der Waals surface area contributed by atoms with E-state index in [1.807, 2.05) is 0 Å². The number of rotatable bonds is 3. The Morgan fingerprint density at radius 2 is 2.35 bits per heavy atom. The van der Waals surface area contributed by atoms with Gasteiger partial charge in [-0.3, -0.25) is 4.79 Å². The summed E-state index contributed by atoms with van der Waals surface area (Å²) in [6.07, 6.45) is 1.15. The minimum Gasteiger partial charge on any atom is -0.398 e. The van der Waals surface area contributed by atoms with E-state index in [1.54, 1.807) is 0 Å². The molecule has 1 aromatic heterocycles. The summed E-state index contributed by atoms with van der Waals surface area (Å²) in [6.45, 7) is 0.0886. The molecule has 0 spiro atoms. The highest BCUT2D eigenvalue weighted by Gasteiger charge is 2.11. The number of hydrogen-bond donors (Lipinski definition) is 2. The fraction of sp³-hybridized carbons (Fsp3) is 0.100. The second-order valence-corrected chi connectivity index (χ2v) is 3.26. The molecule has 7 heteroatoms. The third-order valence-corrected chi connectivity index (χ3v) is 2.07. The lowest BCUT2D eigenvalue weighted by Crippen LogP contribution is -2.24. The zero-order valence-corrected chi connectivity index (χ0v) is 8.68. The predicted molar refractivity (Wildman–Crippen MR) is 56.3 cm³/mol. The SMILES string of the molecule is Nc1ccc(F)cc1C(=O)NCc1ncon1. The van der Waals surface area contributed by atoms with E-state index in [4.69, 9.17) is 5.73 Å². The smallest absolute Gasteiger partial charge is 0.253 e. The quantitative estimate of drug-likeness (QED) is 0.766. The molecule has 1 heterocycles. The van der Waals surface area contributed by atoms with Gasteiger partial charge in [0.15, 0.2) is 5.82 Å². The molecule has 1 amide bonds. The lowest BCUT2D eigenvalue weighted by atomic mass is 10.1. The van der Waals surface area contributed by atoms with Gasteiger partial charge in [-0.05, 0) is 18.2 Å². The van der Waals surface area contributed by atoms with Crippen LogP contribution in [0.3, 0.4) is 0 Å². The van der Waals surface area contributed by atoms with Gasteiger partial charge in [0, 0.05) is 5.69 Å². The van der Waals surface area contributed by atoms with Crippen molar-refractivity contribution in [1.82, 2.24) is 15.5 Å². The van der Waals surface area contributed by atoms with Crippen molar-refractivity contribution >= 4 is 11.6 Å². The lowest BCUT2D eigenvalue weighted by Gasteiger charge is -2.05. The average Bonchev–Trinajstić information content (AvgIpc) is 2.82. The summed E-state index contributed by atoms with van der Waals surface area (Å²) >= 11 is 0. The van der Waals surface area contributed by atoms with Gasteiger partial charge in [-0.25, -0.2) is 4.39 Å². The zero-order valence-electron chi connectivity index (χ0n) is 8.68. The van der Waals surface area contributed by atoms with Crippen LogP contribution in [0.4, 0.5) is 10.1 Å². The molecule has 1 aromatic carbocycles. The summed E-state index contributed by atoms with van der Waals surface area (Å²) in [4.78, 5) is 15.4. The normalized spacial score (nSPS) is 10.2. The van der Waals surface area contributed by atoms with Gasteiger partial charge in [-0.1, -0.05) is 5.16 Å². The number of nitrogens with zero attached hydrogens (tertiary/aromatic N) is 2. The lowest BCUT2D eigenvalue weighted by molar-refractivity contribution is 0.0950. The minimum absolute atomic E-state index is 0.0773. The number of carbonyl (C=O) groups is 1. The number of halogens is 1. The van der Waals surface area contributed by atoms with Crippen LogP contribution in [0, 0.1) is 5.82 Å². The number of nitrogens with one attached hydrogen (secondary N) is 1. The molecule has 17 heavy (non-hydrogen) atoms. The zero-order chi connectivity index (χ0) is 12.3. The Bertz CT molecular complexity index is 527. The van der Waals surface area contributed by atoms with E-state index in [9.17, 15) is 9.18 Å². The Morgan fingerprint density at radius 1 is 1.53 bits per heavy atom. The van der Waals surface area contributed by atoms with Crippen LogP contribution >= 0.6 is 0 Å². The maximum absolute atomic E-state index is 12.9. The van der Waals surface area contributed by atoms with E-state index in [1.165, 1.54) is 12.1 Å². The Kier molecular flexibility index (Phi) is 2.99. The van der Waals surface area contributed by atoms with E-state index < -0.39 is 11.7 Å². The maximum atomic E-state index is 12.9. The summed E-state index contributed by atoms with van der Waals surface area (Å²) < 4.78 is 17.4. The van der Waals surface area contributed by atoms with Gasteiger partial charge in [-0.2, -0.15) is 4.98 Å². The Hall–Kier alpha value is -2.44. The van der Waals surface area contributed by atoms with Crippen LogP contribution in [0.5, 0.6) is 0 Å². The monoisotopic (exact) mass is 236 g/mol. The first-order valence-electron chi connectivity index (χ1n) is 4.75. The molecule has 88 valence electrons. The van der Waals surface area contributed by atoms with Gasteiger partial charge >= 0.3 is 0 Å². The molecule has 0 aliphatic carbocycles. The van der Waals surface area contributed by atoms with E-state index in [-0.39, 0.29) is 17.8 Å². The molecule has 0 aliphatic rings. The molecule has 0 fully saturated rings. The number of hydrogen-bond acceptors (Lipinski definition) is 5. The van der Waals surface area contributed by atoms with Crippen LogP contribution in [-0.4, -0.2) is 16.0 Å². The topological polar surface area (TPSA) is 94.0 Å². The molecule has 0 atom stereocenters. The molecule has 0 radical (unpaired) electrons. The molecular weight excluding hydrogens is 227 g/mol. The van der Waals surface area contributed by atoms with Gasteiger partial charge < -0.3 is 15.6 Å². The first kappa shape index (κ1) is 11.1. The van der Waals surface area contributed by atoms with Gasteiger partial charge in [0.05, 0.1) is 12.1 Å². The van der Waals surface area contributed by atoms with Crippen molar-refractivity contribution in [2.24, 2.45) is 0 Å². The molecular formula is C10H9FN4O2. The van der Waals surface area contributed by atoms with E-state index in [2.05, 4.69) is 20.0 Å². The number of aromatic nitrogens is 2. The van der Waals surface area contributed by atoms with E-state index >= 15 is 0 Å². The summed E-state index contributed by atoms with van der Waals surface area (Å²) in [5.74, 6) is -0.691. The summed E-state index contributed by atoms with van der Waals surface area (Å²) in [6, 6.07) is 3.59. The van der Waals surface area contributed by atoms with Crippen molar-refractivity contribution in [2.75, 3.05) is 5.73 Å². The van der Waals surface area contributed by atoms with Gasteiger partial charge in [0.1, 0.15) is 5.82 Å². The number of benzene rings is 1. The minimum atomic E-state index is -0.524. The Balaban J connectivity index is 2.07. The standard InChI is InChI=1S/C10H9FN4O2/c11-6-1-2-8(12)7(3-6)10(16)13-4-9-14-5-17-15-9/h1-3,5H,4,12H2,(H,13,16). The number of nitrogen functional groups attached to an aromatic ring is 1. The summed E-state index contributed by atoms with van der Waals surface area (Å²) in [7, 11) is 0. The molecule has 0 aliphatic heterocycles. The van der Waals surface area contributed by atoms with Crippen molar-refractivity contribution in [1.29, 1.82) is 0 Å². The molecule has 3 N–H and O–H groups in total. The van der Waals surface area contributed by atoms with Crippen LogP contribution in [0.2, 0.25) is 0 Å². The molecule has 2 aromatic rings. The third kappa shape index (κ3) is 2.57. The van der Waals surface area contributed by atoms with Gasteiger partial charge in [-0.15, -0.1) is 0 Å². The third-order valence-electron chi connectivity index (χ3n) is 2.07. The number of anilines is 1. The second-order valence-electron chi connectivity index (χ2n) is 3.26. The highest BCUT2D eigenvalue weighted by molar-refractivity contribution is 5.99. The average molecular weight is 236 g/mol. The fourth-order valence-electron chi connectivity index (χ4n) is 1.25. The van der Waals surface area contributed by atoms with E-state index in [0.29, 0.717) is 5.82 Å². The number of amides is 1. The van der Waals surface area contributed by atoms with Crippen LogP contribution in [0.25, 0.3) is 0 Å². The predicted octanol–water partition coefficient (Wildman–Crippen LogP) is 0.721. The van der Waals surface area contributed by atoms with Crippen molar-refractivity contribution in [2.45, 2.75) is 6.54 Å². The molecule has 0 saturated heterocycles. The molecule has 0 bridgehead atoms. The summed E-state index contributed by atoms with van der Waals surface area (Å²) in [5.41, 5.74) is 5.84. The molecule has 0 saturated carbocycles. The molecule has 2 rings (SSSR count). The Labute approximate surface area is 95.6 Å². The number of carbonyl (C=O) groups excluding carboxylic acids is 1. The fourth-order valence-corrected chi connectivity index (χ4v) is 1.25.